The standard InChI is InChI=1S/C14H22N2O3/c1-10(17)16-7-4-11-8-12(19-13(11)9-16)14(18)15-5-2-3-6-15/h11-13H,2-9H2,1H3/t11-,12+,13+/m0/s1. The van der Waals surface area contributed by atoms with Gasteiger partial charge in [-0.05, 0) is 31.6 Å². The van der Waals surface area contributed by atoms with E-state index in [1.807, 2.05) is 9.80 Å². The molecule has 3 aliphatic heterocycles. The molecule has 0 aliphatic carbocycles. The highest BCUT2D eigenvalue weighted by molar-refractivity contribution is 5.81. The van der Waals surface area contributed by atoms with Crippen LogP contribution in [0.5, 0.6) is 0 Å². The summed E-state index contributed by atoms with van der Waals surface area (Å²) in [5, 5.41) is 0. The molecule has 0 saturated carbocycles. The average molecular weight is 266 g/mol. The van der Waals surface area contributed by atoms with Crippen LogP contribution in [0.15, 0.2) is 0 Å². The van der Waals surface area contributed by atoms with Crippen LogP contribution in [0.4, 0.5) is 0 Å². The number of ether oxygens (including phenoxy) is 1. The molecule has 3 atom stereocenters. The molecule has 0 unspecified atom stereocenters. The van der Waals surface area contributed by atoms with Crippen molar-refractivity contribution >= 4 is 11.8 Å². The summed E-state index contributed by atoms with van der Waals surface area (Å²) in [6.07, 6.45) is 3.83. The van der Waals surface area contributed by atoms with Crippen LogP contribution in [-0.2, 0) is 14.3 Å². The molecular formula is C14H22N2O3. The van der Waals surface area contributed by atoms with Crippen molar-refractivity contribution in [3.63, 3.8) is 0 Å². The number of rotatable bonds is 1. The number of fused-ring (bicyclic) bond motifs is 1. The van der Waals surface area contributed by atoms with Gasteiger partial charge in [-0.2, -0.15) is 0 Å². The van der Waals surface area contributed by atoms with Gasteiger partial charge in [-0.15, -0.1) is 0 Å². The second kappa shape index (κ2) is 5.12. The van der Waals surface area contributed by atoms with E-state index in [9.17, 15) is 9.59 Å². The van der Waals surface area contributed by atoms with Crippen molar-refractivity contribution in [2.75, 3.05) is 26.2 Å². The maximum atomic E-state index is 12.3. The van der Waals surface area contributed by atoms with Gasteiger partial charge in [-0.1, -0.05) is 0 Å². The molecule has 5 nitrogen and oxygen atoms in total. The number of nitrogens with zero attached hydrogens (tertiary/aromatic N) is 2. The van der Waals surface area contributed by atoms with Crippen LogP contribution < -0.4 is 0 Å². The fraction of sp³-hybridized carbons (Fsp3) is 0.857. The molecule has 3 saturated heterocycles. The summed E-state index contributed by atoms with van der Waals surface area (Å²) in [5.41, 5.74) is 0. The lowest BCUT2D eigenvalue weighted by Gasteiger charge is -2.33. The molecule has 0 aromatic heterocycles. The lowest BCUT2D eigenvalue weighted by atomic mass is 9.91. The largest absolute Gasteiger partial charge is 0.363 e. The second-order valence-corrected chi connectivity index (χ2v) is 5.95. The van der Waals surface area contributed by atoms with Crippen LogP contribution >= 0.6 is 0 Å². The van der Waals surface area contributed by atoms with Crippen molar-refractivity contribution in [1.82, 2.24) is 9.80 Å². The number of hydrogen-bond acceptors (Lipinski definition) is 3. The van der Waals surface area contributed by atoms with Crippen LogP contribution in [0, 0.1) is 5.92 Å². The Kier molecular flexibility index (Phi) is 3.48. The van der Waals surface area contributed by atoms with Crippen LogP contribution in [-0.4, -0.2) is 60.0 Å². The van der Waals surface area contributed by atoms with Crippen molar-refractivity contribution in [3.05, 3.63) is 0 Å². The summed E-state index contributed by atoms with van der Waals surface area (Å²) in [7, 11) is 0. The Bertz CT molecular complexity index is 379. The maximum Gasteiger partial charge on any atom is 0.251 e. The highest BCUT2D eigenvalue weighted by atomic mass is 16.5. The number of carbonyl (C=O) groups excluding carboxylic acids is 2. The first kappa shape index (κ1) is 12.9. The first-order valence-corrected chi connectivity index (χ1v) is 7.35. The van der Waals surface area contributed by atoms with Crippen molar-refractivity contribution < 1.29 is 14.3 Å². The number of likely N-dealkylation sites (tertiary alicyclic amines) is 2. The zero-order valence-corrected chi connectivity index (χ0v) is 11.5. The second-order valence-electron chi connectivity index (χ2n) is 5.95. The molecule has 3 rings (SSSR count). The lowest BCUT2D eigenvalue weighted by Crippen LogP contribution is -2.44. The van der Waals surface area contributed by atoms with E-state index < -0.39 is 0 Å². The van der Waals surface area contributed by atoms with Crippen LogP contribution in [0.1, 0.15) is 32.6 Å². The molecule has 0 radical (unpaired) electrons. The van der Waals surface area contributed by atoms with E-state index in [4.69, 9.17) is 4.74 Å². The van der Waals surface area contributed by atoms with E-state index >= 15 is 0 Å². The Balaban J connectivity index is 1.60. The lowest BCUT2D eigenvalue weighted by molar-refractivity contribution is -0.143. The number of amides is 2. The van der Waals surface area contributed by atoms with Gasteiger partial charge in [-0.25, -0.2) is 0 Å². The molecule has 0 N–H and O–H groups in total. The van der Waals surface area contributed by atoms with E-state index in [1.54, 1.807) is 6.92 Å². The van der Waals surface area contributed by atoms with Gasteiger partial charge in [-0.3, -0.25) is 9.59 Å². The molecular weight excluding hydrogens is 244 g/mol. The highest BCUT2D eigenvalue weighted by Gasteiger charge is 2.43. The minimum absolute atomic E-state index is 0.0641. The minimum Gasteiger partial charge on any atom is -0.363 e. The van der Waals surface area contributed by atoms with Crippen molar-refractivity contribution in [1.29, 1.82) is 0 Å². The van der Waals surface area contributed by atoms with Gasteiger partial charge in [0.05, 0.1) is 6.10 Å². The SMILES string of the molecule is CC(=O)N1CC[C@H]2C[C@H](C(=O)N3CCCC3)O[C@@H]2C1. The summed E-state index contributed by atoms with van der Waals surface area (Å²) < 4.78 is 5.93. The Hall–Kier alpha value is -1.10. The Morgan fingerprint density at radius 1 is 1.11 bits per heavy atom. The van der Waals surface area contributed by atoms with E-state index in [-0.39, 0.29) is 24.0 Å². The molecule has 3 aliphatic rings. The monoisotopic (exact) mass is 266 g/mol. The molecule has 0 spiro atoms. The molecule has 5 heteroatoms. The molecule has 0 bridgehead atoms. The Morgan fingerprint density at radius 3 is 2.53 bits per heavy atom. The number of piperidine rings is 1. The molecule has 2 amide bonds. The quantitative estimate of drug-likeness (QED) is 0.699. The first-order chi connectivity index (χ1) is 9.15. The predicted molar refractivity (Wildman–Crippen MR) is 69.5 cm³/mol. The fourth-order valence-corrected chi connectivity index (χ4v) is 3.52. The summed E-state index contributed by atoms with van der Waals surface area (Å²) in [6, 6.07) is 0. The fourth-order valence-electron chi connectivity index (χ4n) is 3.52. The van der Waals surface area contributed by atoms with Crippen molar-refractivity contribution in [2.45, 2.75) is 44.8 Å². The third kappa shape index (κ3) is 2.48. The third-order valence-electron chi connectivity index (χ3n) is 4.69. The Labute approximate surface area is 113 Å². The molecule has 19 heavy (non-hydrogen) atoms. The number of hydrogen-bond donors (Lipinski definition) is 0. The van der Waals surface area contributed by atoms with Crippen LogP contribution in [0.25, 0.3) is 0 Å². The van der Waals surface area contributed by atoms with Gasteiger partial charge in [0.1, 0.15) is 6.10 Å². The maximum absolute atomic E-state index is 12.3. The summed E-state index contributed by atoms with van der Waals surface area (Å²) in [5.74, 6) is 0.727. The van der Waals surface area contributed by atoms with Crippen LogP contribution in [0.3, 0.4) is 0 Å². The summed E-state index contributed by atoms with van der Waals surface area (Å²) >= 11 is 0. The van der Waals surface area contributed by atoms with E-state index in [0.29, 0.717) is 12.5 Å². The predicted octanol–water partition coefficient (Wildman–Crippen LogP) is 0.635. The normalized spacial score (nSPS) is 34.5. The van der Waals surface area contributed by atoms with Crippen molar-refractivity contribution in [2.24, 2.45) is 5.92 Å². The zero-order valence-electron chi connectivity index (χ0n) is 11.5. The van der Waals surface area contributed by atoms with Gasteiger partial charge >= 0.3 is 0 Å². The first-order valence-electron chi connectivity index (χ1n) is 7.35. The van der Waals surface area contributed by atoms with Gasteiger partial charge in [0.15, 0.2) is 0 Å². The summed E-state index contributed by atoms with van der Waals surface area (Å²) in [4.78, 5) is 27.5. The summed E-state index contributed by atoms with van der Waals surface area (Å²) in [6.45, 7) is 4.83. The molecule has 3 heterocycles. The smallest absolute Gasteiger partial charge is 0.251 e. The molecule has 3 fully saturated rings. The van der Waals surface area contributed by atoms with E-state index in [1.165, 1.54) is 0 Å². The minimum atomic E-state index is -0.264. The van der Waals surface area contributed by atoms with E-state index in [2.05, 4.69) is 0 Å². The molecule has 0 aromatic carbocycles. The van der Waals surface area contributed by atoms with Gasteiger partial charge in [0.25, 0.3) is 5.91 Å². The van der Waals surface area contributed by atoms with Gasteiger partial charge in [0.2, 0.25) is 5.91 Å². The molecule has 0 aromatic rings. The Morgan fingerprint density at radius 2 is 1.84 bits per heavy atom. The van der Waals surface area contributed by atoms with Gasteiger partial charge < -0.3 is 14.5 Å². The topological polar surface area (TPSA) is 49.9 Å². The number of carbonyl (C=O) groups is 2. The average Bonchev–Trinajstić information content (AvgIpc) is 3.06. The van der Waals surface area contributed by atoms with Gasteiger partial charge in [0, 0.05) is 33.1 Å². The molecule has 106 valence electrons. The third-order valence-corrected chi connectivity index (χ3v) is 4.69. The van der Waals surface area contributed by atoms with E-state index in [0.717, 1.165) is 45.3 Å². The van der Waals surface area contributed by atoms with Crippen LogP contribution in [0.2, 0.25) is 0 Å². The zero-order chi connectivity index (χ0) is 13.4. The highest BCUT2D eigenvalue weighted by Crippen LogP contribution is 2.34. The van der Waals surface area contributed by atoms with Crippen molar-refractivity contribution in [3.8, 4) is 0 Å².